The Labute approximate surface area is 316 Å². The fourth-order valence-corrected chi connectivity index (χ4v) is 8.92. The number of fused-ring (bicyclic) bond motifs is 3. The fourth-order valence-electron chi connectivity index (χ4n) is 7.56. The Balaban J connectivity index is 1.35. The quantitative estimate of drug-likeness (QED) is 0.289. The van der Waals surface area contributed by atoms with Crippen molar-refractivity contribution in [1.29, 1.82) is 0 Å². The number of ether oxygens (including phenoxy) is 2. The summed E-state index contributed by atoms with van der Waals surface area (Å²) in [6.07, 6.45) is 6.38. The van der Waals surface area contributed by atoms with Gasteiger partial charge in [-0.2, -0.15) is 0 Å². The number of allylic oxidation sites excluding steroid dienone is 1. The molecule has 3 fully saturated rings. The molecule has 1 aromatic carbocycles. The van der Waals surface area contributed by atoms with Crippen molar-refractivity contribution < 1.29 is 37.1 Å². The van der Waals surface area contributed by atoms with Crippen molar-refractivity contribution >= 4 is 44.5 Å². The van der Waals surface area contributed by atoms with Crippen LogP contribution in [0.4, 0.5) is 4.79 Å². The zero-order valence-corrected chi connectivity index (χ0v) is 32.7. The van der Waals surface area contributed by atoms with Crippen LogP contribution in [0.5, 0.6) is 11.8 Å². The first-order chi connectivity index (χ1) is 25.5. The lowest BCUT2D eigenvalue weighted by Gasteiger charge is -2.33. The predicted molar refractivity (Wildman–Crippen MR) is 201 cm³/mol. The van der Waals surface area contributed by atoms with Crippen LogP contribution in [-0.4, -0.2) is 94.9 Å². The zero-order chi connectivity index (χ0) is 39.0. The third-order valence-electron chi connectivity index (χ3n) is 10.6. The van der Waals surface area contributed by atoms with E-state index < -0.39 is 74.2 Å². The Bertz CT molecular complexity index is 1910. The number of hydrogen-bond acceptors (Lipinski definition) is 10. The Morgan fingerprint density at radius 3 is 2.39 bits per heavy atom. The molecule has 15 nitrogen and oxygen atoms in total. The standard InChI is InChI=1S/C38H53N7O8S/c1-7-52-32-27-14-10-11-15-28(27)33(43-42-32)53-25-19-29-31(46)40-38(35(48)44-54(50,51)26-16-17-26)20-24(38)13-9-8-12-22(2)18-23(3)30(34(47)45(29)21-25)39-36(49)41-37(4,5)6/h9-11,13-15,22-26,29-30H,7-8,12,16-21H2,1-6H3,(H,40,46)(H,44,48)(H2,39,41,49)/b13-9-/t22-,23-,24-,25-,29+,30+,38-/m1/s1. The first-order valence-electron chi connectivity index (χ1n) is 19.0. The van der Waals surface area contributed by atoms with Crippen molar-refractivity contribution in [2.75, 3.05) is 13.2 Å². The molecule has 6 rings (SSSR count). The van der Waals surface area contributed by atoms with E-state index in [1.807, 2.05) is 71.0 Å². The summed E-state index contributed by atoms with van der Waals surface area (Å²) in [5.74, 6) is -1.91. The maximum Gasteiger partial charge on any atom is 0.315 e. The molecule has 0 bridgehead atoms. The third kappa shape index (κ3) is 8.74. The Kier molecular flexibility index (Phi) is 11.1. The number of sulfonamides is 1. The van der Waals surface area contributed by atoms with E-state index in [0.29, 0.717) is 48.9 Å². The third-order valence-corrected chi connectivity index (χ3v) is 12.4. The van der Waals surface area contributed by atoms with E-state index in [9.17, 15) is 27.6 Å². The molecule has 2 aliphatic carbocycles. The van der Waals surface area contributed by atoms with Gasteiger partial charge in [-0.15, -0.1) is 10.2 Å². The van der Waals surface area contributed by atoms with Gasteiger partial charge in [0.15, 0.2) is 0 Å². The highest BCUT2D eigenvalue weighted by molar-refractivity contribution is 7.91. The van der Waals surface area contributed by atoms with Crippen LogP contribution in [-0.2, 0) is 24.4 Å². The van der Waals surface area contributed by atoms with Gasteiger partial charge in [0.25, 0.3) is 5.91 Å². The first-order valence-corrected chi connectivity index (χ1v) is 20.5. The van der Waals surface area contributed by atoms with Gasteiger partial charge in [0.1, 0.15) is 23.7 Å². The van der Waals surface area contributed by atoms with Gasteiger partial charge in [0, 0.05) is 17.9 Å². The van der Waals surface area contributed by atoms with Gasteiger partial charge in [0.05, 0.1) is 29.2 Å². The molecule has 1 saturated heterocycles. The number of carbonyl (C=O) groups excluding carboxylic acids is 4. The maximum absolute atomic E-state index is 14.8. The number of nitrogens with one attached hydrogen (secondary N) is 4. The number of urea groups is 1. The van der Waals surface area contributed by atoms with E-state index in [4.69, 9.17) is 9.47 Å². The monoisotopic (exact) mass is 767 g/mol. The van der Waals surface area contributed by atoms with Crippen LogP contribution in [0.25, 0.3) is 10.8 Å². The summed E-state index contributed by atoms with van der Waals surface area (Å²) < 4.78 is 40.1. The van der Waals surface area contributed by atoms with Crippen LogP contribution in [0.3, 0.4) is 0 Å². The van der Waals surface area contributed by atoms with E-state index in [1.165, 1.54) is 4.90 Å². The van der Waals surface area contributed by atoms with Gasteiger partial charge in [0.2, 0.25) is 33.6 Å². The number of carbonyl (C=O) groups is 4. The molecule has 3 heterocycles. The first kappa shape index (κ1) is 39.2. The van der Waals surface area contributed by atoms with Crippen molar-refractivity contribution in [1.82, 2.24) is 35.8 Å². The van der Waals surface area contributed by atoms with Crippen LogP contribution in [0.1, 0.15) is 86.5 Å². The molecule has 0 unspecified atom stereocenters. The number of aromatic nitrogens is 2. The fraction of sp³-hybridized carbons (Fsp3) is 0.632. The molecule has 2 saturated carbocycles. The lowest BCUT2D eigenvalue weighted by atomic mass is 9.88. The molecule has 16 heteroatoms. The Morgan fingerprint density at radius 1 is 1.04 bits per heavy atom. The SMILES string of the molecule is CCOc1nnc(O[C@@H]2C[C@H]3C(=O)N[C@]4(C(=O)NS(=O)(=O)C5CC5)C[C@H]4/C=C\CC[C@@H](C)C[C@@H](C)[C@H](NC(=O)NC(C)(C)C)C(=O)N3C2)c2ccccc12. The topological polar surface area (TPSA) is 198 Å². The molecule has 294 valence electrons. The lowest BCUT2D eigenvalue weighted by Crippen LogP contribution is -2.60. The van der Waals surface area contributed by atoms with E-state index >= 15 is 0 Å². The van der Waals surface area contributed by atoms with Crippen molar-refractivity contribution in [2.45, 2.75) is 121 Å². The summed E-state index contributed by atoms with van der Waals surface area (Å²) in [5.41, 5.74) is -2.08. The normalized spacial score (nSPS) is 29.8. The summed E-state index contributed by atoms with van der Waals surface area (Å²) in [6, 6.07) is 4.71. The number of hydrogen-bond donors (Lipinski definition) is 4. The highest BCUT2D eigenvalue weighted by atomic mass is 32.2. The Morgan fingerprint density at radius 2 is 1.72 bits per heavy atom. The Hall–Kier alpha value is -4.47. The van der Waals surface area contributed by atoms with Gasteiger partial charge in [-0.1, -0.05) is 38.1 Å². The average molecular weight is 768 g/mol. The van der Waals surface area contributed by atoms with E-state index in [1.54, 1.807) is 0 Å². The van der Waals surface area contributed by atoms with Crippen molar-refractivity contribution in [3.8, 4) is 11.8 Å². The van der Waals surface area contributed by atoms with Gasteiger partial charge >= 0.3 is 6.03 Å². The second-order valence-corrected chi connectivity index (χ2v) is 18.3. The molecule has 7 atom stereocenters. The highest BCUT2D eigenvalue weighted by Gasteiger charge is 2.62. The average Bonchev–Trinajstić information content (AvgIpc) is 4.02. The maximum atomic E-state index is 14.8. The number of amides is 5. The highest BCUT2D eigenvalue weighted by Crippen LogP contribution is 2.46. The molecule has 1 aromatic heterocycles. The van der Waals surface area contributed by atoms with E-state index in [2.05, 4.69) is 37.8 Å². The summed E-state index contributed by atoms with van der Waals surface area (Å²) in [7, 11) is -3.90. The molecule has 54 heavy (non-hydrogen) atoms. The number of benzene rings is 1. The predicted octanol–water partition coefficient (Wildman–Crippen LogP) is 3.34. The van der Waals surface area contributed by atoms with Gasteiger partial charge in [-0.3, -0.25) is 19.1 Å². The second kappa shape index (κ2) is 15.3. The molecule has 2 aromatic rings. The van der Waals surface area contributed by atoms with E-state index in [0.717, 1.165) is 6.42 Å². The molecule has 2 aliphatic heterocycles. The van der Waals surface area contributed by atoms with Gasteiger partial charge < -0.3 is 30.3 Å². The second-order valence-electron chi connectivity index (χ2n) is 16.4. The van der Waals surface area contributed by atoms with Crippen molar-refractivity contribution in [3.05, 3.63) is 36.4 Å². The van der Waals surface area contributed by atoms with Crippen LogP contribution in [0.15, 0.2) is 36.4 Å². The number of nitrogens with zero attached hydrogens (tertiary/aromatic N) is 3. The van der Waals surface area contributed by atoms with Crippen molar-refractivity contribution in [3.63, 3.8) is 0 Å². The van der Waals surface area contributed by atoms with Gasteiger partial charge in [-0.05, 0) is 90.2 Å². The zero-order valence-electron chi connectivity index (χ0n) is 31.9. The largest absolute Gasteiger partial charge is 0.476 e. The van der Waals surface area contributed by atoms with Crippen LogP contribution >= 0.6 is 0 Å². The number of rotatable bonds is 8. The molecule has 4 aliphatic rings. The molecular formula is C38H53N7O8S. The minimum absolute atomic E-state index is 0.0277. The van der Waals surface area contributed by atoms with Crippen molar-refractivity contribution in [2.24, 2.45) is 17.8 Å². The molecule has 4 N–H and O–H groups in total. The molecule has 0 radical (unpaired) electrons. The smallest absolute Gasteiger partial charge is 0.315 e. The summed E-state index contributed by atoms with van der Waals surface area (Å²) in [4.78, 5) is 57.7. The summed E-state index contributed by atoms with van der Waals surface area (Å²) in [5, 5.41) is 17.9. The molecule has 5 amide bonds. The minimum atomic E-state index is -3.90. The minimum Gasteiger partial charge on any atom is -0.476 e. The lowest BCUT2D eigenvalue weighted by molar-refractivity contribution is -0.142. The van der Waals surface area contributed by atoms with Gasteiger partial charge in [-0.25, -0.2) is 13.2 Å². The molecule has 0 spiro atoms. The molecular weight excluding hydrogens is 715 g/mol. The van der Waals surface area contributed by atoms with Crippen LogP contribution < -0.4 is 30.1 Å². The van der Waals surface area contributed by atoms with Crippen LogP contribution in [0.2, 0.25) is 0 Å². The summed E-state index contributed by atoms with van der Waals surface area (Å²) in [6.45, 7) is 11.7. The van der Waals surface area contributed by atoms with Crippen LogP contribution in [0, 0.1) is 17.8 Å². The van der Waals surface area contributed by atoms with E-state index in [-0.39, 0.29) is 37.1 Å². The summed E-state index contributed by atoms with van der Waals surface area (Å²) >= 11 is 0.